The average Bonchev–Trinajstić information content (AvgIpc) is 3.29. The van der Waals surface area contributed by atoms with Crippen LogP contribution in [0.3, 0.4) is 0 Å². The van der Waals surface area contributed by atoms with Crippen molar-refractivity contribution in [3.8, 4) is 5.75 Å². The third kappa shape index (κ3) is 4.09. The molecule has 0 fully saturated rings. The van der Waals surface area contributed by atoms with E-state index in [0.717, 1.165) is 28.4 Å². The molecule has 1 N–H and O–H groups in total. The molecule has 0 bridgehead atoms. The molecule has 0 spiro atoms. The van der Waals surface area contributed by atoms with Crippen LogP contribution in [0, 0.1) is 13.8 Å². The summed E-state index contributed by atoms with van der Waals surface area (Å²) in [4.78, 5) is 16.9. The van der Waals surface area contributed by atoms with Crippen molar-refractivity contribution in [2.75, 3.05) is 0 Å². The number of hydrogen-bond donors (Lipinski definition) is 1. The van der Waals surface area contributed by atoms with Crippen LogP contribution >= 0.6 is 11.6 Å². The number of nitrogens with one attached hydrogen (secondary N) is 1. The highest BCUT2D eigenvalue weighted by atomic mass is 35.5. The summed E-state index contributed by atoms with van der Waals surface area (Å²) in [6, 6.07) is 12.4. The second-order valence-electron chi connectivity index (χ2n) is 6.61. The minimum Gasteiger partial charge on any atom is -0.489 e. The van der Waals surface area contributed by atoms with Gasteiger partial charge in [-0.15, -0.1) is 0 Å². The van der Waals surface area contributed by atoms with Gasteiger partial charge in [-0.05, 0) is 50.2 Å². The Morgan fingerprint density at radius 3 is 2.69 bits per heavy atom. The molecule has 0 saturated heterocycles. The van der Waals surface area contributed by atoms with E-state index in [0.29, 0.717) is 29.6 Å². The number of fused-ring (bicyclic) bond motifs is 1. The zero-order valence-corrected chi connectivity index (χ0v) is 16.7. The fourth-order valence-electron chi connectivity index (χ4n) is 2.95. The Balaban J connectivity index is 1.35. The lowest BCUT2D eigenvalue weighted by molar-refractivity contribution is 0.0950. The quantitative estimate of drug-likeness (QED) is 0.484. The molecule has 148 valence electrons. The number of carbonyl (C=O) groups is 1. The molecule has 0 radical (unpaired) electrons. The smallest absolute Gasteiger partial charge is 0.251 e. The van der Waals surface area contributed by atoms with Gasteiger partial charge in [-0.3, -0.25) is 9.20 Å². The van der Waals surface area contributed by atoms with Crippen molar-refractivity contribution in [1.29, 1.82) is 0 Å². The standard InChI is InChI=1S/C21H19ClN4O3/c1-13-18(14(2)29-25-13)12-28-17-8-6-15(7-9-17)21(27)23-10-16-11-26-19(22)4-3-5-20(26)24-16/h3-9,11H,10,12H2,1-2H3,(H,23,27). The summed E-state index contributed by atoms with van der Waals surface area (Å²) in [5.74, 6) is 1.22. The number of rotatable bonds is 6. The van der Waals surface area contributed by atoms with Gasteiger partial charge in [-0.1, -0.05) is 22.8 Å². The minimum absolute atomic E-state index is 0.189. The van der Waals surface area contributed by atoms with Crippen LogP contribution in [0.15, 0.2) is 53.2 Å². The van der Waals surface area contributed by atoms with Crippen molar-refractivity contribution >= 4 is 23.2 Å². The summed E-state index contributed by atoms with van der Waals surface area (Å²) in [6.45, 7) is 4.40. The molecule has 3 aromatic heterocycles. The summed E-state index contributed by atoms with van der Waals surface area (Å²) >= 11 is 6.13. The second kappa shape index (κ2) is 7.97. The lowest BCUT2D eigenvalue weighted by atomic mass is 10.2. The van der Waals surface area contributed by atoms with Crippen molar-refractivity contribution in [3.63, 3.8) is 0 Å². The van der Waals surface area contributed by atoms with Crippen LogP contribution in [0.4, 0.5) is 0 Å². The van der Waals surface area contributed by atoms with Crippen LogP contribution < -0.4 is 10.1 Å². The molecule has 3 heterocycles. The molecule has 4 rings (SSSR count). The summed E-state index contributed by atoms with van der Waals surface area (Å²) < 4.78 is 12.7. The van der Waals surface area contributed by atoms with Gasteiger partial charge in [0.2, 0.25) is 0 Å². The normalized spacial score (nSPS) is 11.0. The Labute approximate surface area is 172 Å². The van der Waals surface area contributed by atoms with Crippen LogP contribution in [0.1, 0.15) is 33.1 Å². The molecular formula is C21H19ClN4O3. The van der Waals surface area contributed by atoms with Crippen molar-refractivity contribution in [1.82, 2.24) is 19.9 Å². The van der Waals surface area contributed by atoms with Gasteiger partial charge >= 0.3 is 0 Å². The number of aromatic nitrogens is 3. The maximum absolute atomic E-state index is 12.4. The fourth-order valence-corrected chi connectivity index (χ4v) is 3.16. The lowest BCUT2D eigenvalue weighted by Gasteiger charge is -2.07. The third-order valence-electron chi connectivity index (χ3n) is 4.60. The van der Waals surface area contributed by atoms with Gasteiger partial charge in [0.1, 0.15) is 28.9 Å². The van der Waals surface area contributed by atoms with E-state index in [2.05, 4.69) is 15.5 Å². The molecule has 0 aliphatic heterocycles. The number of aryl methyl sites for hydroxylation is 2. The van der Waals surface area contributed by atoms with Gasteiger partial charge in [-0.25, -0.2) is 4.98 Å². The Kier molecular flexibility index (Phi) is 5.22. The van der Waals surface area contributed by atoms with Gasteiger partial charge in [0.25, 0.3) is 5.91 Å². The number of halogens is 1. The van der Waals surface area contributed by atoms with Crippen molar-refractivity contribution in [3.05, 3.63) is 82.1 Å². The van der Waals surface area contributed by atoms with Crippen LogP contribution in [0.5, 0.6) is 5.75 Å². The van der Waals surface area contributed by atoms with E-state index in [1.807, 2.05) is 32.2 Å². The molecule has 4 aromatic rings. The van der Waals surface area contributed by atoms with Gasteiger partial charge in [-0.2, -0.15) is 0 Å². The summed E-state index contributed by atoms with van der Waals surface area (Å²) in [5.41, 5.74) is 3.75. The molecule has 0 atom stereocenters. The molecule has 0 aliphatic carbocycles. The van der Waals surface area contributed by atoms with E-state index in [1.165, 1.54) is 0 Å². The van der Waals surface area contributed by atoms with Crippen LogP contribution in [-0.2, 0) is 13.2 Å². The molecule has 1 amide bonds. The number of carbonyl (C=O) groups excluding carboxylic acids is 1. The molecule has 7 nitrogen and oxygen atoms in total. The fraction of sp³-hybridized carbons (Fsp3) is 0.190. The molecule has 8 heteroatoms. The topological polar surface area (TPSA) is 81.7 Å². The molecule has 0 aliphatic rings. The Bertz CT molecular complexity index is 1150. The summed E-state index contributed by atoms with van der Waals surface area (Å²) in [5, 5.41) is 7.34. The number of ether oxygens (including phenoxy) is 1. The first kappa shape index (κ1) is 19.0. The van der Waals surface area contributed by atoms with Crippen molar-refractivity contribution in [2.24, 2.45) is 0 Å². The van der Waals surface area contributed by atoms with Crippen molar-refractivity contribution < 1.29 is 14.1 Å². The van der Waals surface area contributed by atoms with Crippen molar-refractivity contribution in [2.45, 2.75) is 27.0 Å². The first-order chi connectivity index (χ1) is 14.0. The van der Waals surface area contributed by atoms with E-state index in [4.69, 9.17) is 20.9 Å². The van der Waals surface area contributed by atoms with E-state index >= 15 is 0 Å². The van der Waals surface area contributed by atoms with Gasteiger partial charge < -0.3 is 14.6 Å². The number of nitrogens with zero attached hydrogens (tertiary/aromatic N) is 3. The minimum atomic E-state index is -0.189. The van der Waals surface area contributed by atoms with Crippen LogP contribution in [-0.4, -0.2) is 20.4 Å². The highest BCUT2D eigenvalue weighted by molar-refractivity contribution is 6.29. The number of pyridine rings is 1. The molecule has 0 saturated carbocycles. The lowest BCUT2D eigenvalue weighted by Crippen LogP contribution is -2.22. The number of amides is 1. The van der Waals surface area contributed by atoms with E-state index < -0.39 is 0 Å². The van der Waals surface area contributed by atoms with Gasteiger partial charge in [0, 0.05) is 11.8 Å². The zero-order valence-electron chi connectivity index (χ0n) is 16.0. The SMILES string of the molecule is Cc1noc(C)c1COc1ccc(C(=O)NCc2cn3c(Cl)cccc3n2)cc1. The van der Waals surface area contributed by atoms with E-state index in [9.17, 15) is 4.79 Å². The van der Waals surface area contributed by atoms with E-state index in [1.54, 1.807) is 34.7 Å². The predicted molar refractivity (Wildman–Crippen MR) is 108 cm³/mol. The van der Waals surface area contributed by atoms with Gasteiger partial charge in [0.15, 0.2) is 0 Å². The molecule has 1 aromatic carbocycles. The highest BCUT2D eigenvalue weighted by Crippen LogP contribution is 2.18. The third-order valence-corrected chi connectivity index (χ3v) is 4.91. The number of hydrogen-bond acceptors (Lipinski definition) is 5. The number of benzene rings is 1. The largest absolute Gasteiger partial charge is 0.489 e. The average molecular weight is 411 g/mol. The first-order valence-electron chi connectivity index (χ1n) is 9.06. The Morgan fingerprint density at radius 2 is 2.00 bits per heavy atom. The Hall–Kier alpha value is -3.32. The summed E-state index contributed by atoms with van der Waals surface area (Å²) in [6.07, 6.45) is 1.81. The Morgan fingerprint density at radius 1 is 1.21 bits per heavy atom. The monoisotopic (exact) mass is 410 g/mol. The van der Waals surface area contributed by atoms with Gasteiger partial charge in [0.05, 0.1) is 23.5 Å². The highest BCUT2D eigenvalue weighted by Gasteiger charge is 2.11. The van der Waals surface area contributed by atoms with Crippen LogP contribution in [0.25, 0.3) is 5.65 Å². The maximum Gasteiger partial charge on any atom is 0.251 e. The second-order valence-corrected chi connectivity index (χ2v) is 6.99. The number of imidazole rings is 1. The molecule has 29 heavy (non-hydrogen) atoms. The predicted octanol–water partition coefficient (Wildman–Crippen LogP) is 4.10. The summed E-state index contributed by atoms with van der Waals surface area (Å²) in [7, 11) is 0. The maximum atomic E-state index is 12.4. The van der Waals surface area contributed by atoms with E-state index in [-0.39, 0.29) is 5.91 Å². The zero-order chi connectivity index (χ0) is 20.4. The van der Waals surface area contributed by atoms with Crippen LogP contribution in [0.2, 0.25) is 5.15 Å². The molecule has 0 unspecified atom stereocenters. The molecular weight excluding hydrogens is 392 g/mol. The first-order valence-corrected chi connectivity index (χ1v) is 9.44.